The molecule has 0 amide bonds. The van der Waals surface area contributed by atoms with Crippen LogP contribution in [0.3, 0.4) is 0 Å². The normalized spacial score (nSPS) is 10.7. The zero-order valence-corrected chi connectivity index (χ0v) is 13.5. The van der Waals surface area contributed by atoms with E-state index in [9.17, 15) is 0 Å². The Morgan fingerprint density at radius 2 is 1.75 bits per heavy atom. The van der Waals surface area contributed by atoms with Gasteiger partial charge in [-0.25, -0.2) is 0 Å². The number of aromatic nitrogens is 2. The molecule has 2 aromatic carbocycles. The molecule has 0 aliphatic heterocycles. The van der Waals surface area contributed by atoms with Crippen LogP contribution in [-0.2, 0) is 6.61 Å². The van der Waals surface area contributed by atoms with Gasteiger partial charge in [-0.2, -0.15) is 5.10 Å². The Kier molecular flexibility index (Phi) is 5.37. The molecule has 0 bridgehead atoms. The van der Waals surface area contributed by atoms with Crippen LogP contribution in [0.25, 0.3) is 0 Å². The highest BCUT2D eigenvalue weighted by Crippen LogP contribution is 2.17. The van der Waals surface area contributed by atoms with Gasteiger partial charge in [0.05, 0.1) is 6.21 Å². The largest absolute Gasteiger partial charge is 0.488 e. The highest BCUT2D eigenvalue weighted by Gasteiger charge is 2.01. The number of para-hydroxylation sites is 1. The topological polar surface area (TPSA) is 59.4 Å². The van der Waals surface area contributed by atoms with Crippen molar-refractivity contribution in [1.82, 2.24) is 10.2 Å². The second kappa shape index (κ2) is 8.08. The summed E-state index contributed by atoms with van der Waals surface area (Å²) in [5, 5.41) is 12.1. The number of hydrazone groups is 1. The monoisotopic (exact) mass is 338 g/mol. The highest BCUT2D eigenvalue weighted by atomic mass is 35.5. The molecule has 0 unspecified atom stereocenters. The molecule has 24 heavy (non-hydrogen) atoms. The second-order valence-electron chi connectivity index (χ2n) is 4.92. The summed E-state index contributed by atoms with van der Waals surface area (Å²) in [6, 6.07) is 21.0. The van der Waals surface area contributed by atoms with Crippen LogP contribution in [0.5, 0.6) is 5.75 Å². The van der Waals surface area contributed by atoms with Crippen LogP contribution >= 0.6 is 11.6 Å². The van der Waals surface area contributed by atoms with E-state index >= 15 is 0 Å². The van der Waals surface area contributed by atoms with Gasteiger partial charge in [0.1, 0.15) is 12.4 Å². The summed E-state index contributed by atoms with van der Waals surface area (Å²) in [5.41, 5.74) is 4.78. The number of hydrogen-bond donors (Lipinski definition) is 1. The molecule has 0 aliphatic carbocycles. The molecular weight excluding hydrogens is 324 g/mol. The van der Waals surface area contributed by atoms with Crippen molar-refractivity contribution in [3.63, 3.8) is 0 Å². The van der Waals surface area contributed by atoms with Crippen LogP contribution in [0.4, 0.5) is 5.82 Å². The van der Waals surface area contributed by atoms with Gasteiger partial charge in [-0.15, -0.1) is 10.2 Å². The summed E-state index contributed by atoms with van der Waals surface area (Å²) in [6.07, 6.45) is 1.68. The minimum atomic E-state index is 0.337. The van der Waals surface area contributed by atoms with Gasteiger partial charge in [-0.3, -0.25) is 5.43 Å². The second-order valence-corrected chi connectivity index (χ2v) is 5.31. The van der Waals surface area contributed by atoms with Crippen molar-refractivity contribution in [2.75, 3.05) is 5.43 Å². The van der Waals surface area contributed by atoms with Gasteiger partial charge in [0.15, 0.2) is 11.0 Å². The predicted octanol–water partition coefficient (Wildman–Crippen LogP) is 4.16. The number of ether oxygens (including phenoxy) is 1. The van der Waals surface area contributed by atoms with E-state index < -0.39 is 0 Å². The van der Waals surface area contributed by atoms with Gasteiger partial charge in [-0.1, -0.05) is 54.1 Å². The van der Waals surface area contributed by atoms with Crippen molar-refractivity contribution in [2.45, 2.75) is 6.61 Å². The standard InChI is InChI=1S/C18H15ClN4O/c19-17-10-11-18(23-21-17)22-20-12-15-8-4-5-9-16(15)24-13-14-6-2-1-3-7-14/h1-12H,13H2,(H,22,23)/b20-12+. The summed E-state index contributed by atoms with van der Waals surface area (Å²) >= 11 is 5.69. The molecule has 120 valence electrons. The first kappa shape index (κ1) is 16.0. The molecule has 0 radical (unpaired) electrons. The van der Waals surface area contributed by atoms with Crippen LogP contribution in [-0.4, -0.2) is 16.4 Å². The maximum Gasteiger partial charge on any atom is 0.168 e. The molecule has 1 N–H and O–H groups in total. The van der Waals surface area contributed by atoms with Gasteiger partial charge < -0.3 is 4.74 Å². The predicted molar refractivity (Wildman–Crippen MR) is 95.5 cm³/mol. The molecule has 3 aromatic rings. The van der Waals surface area contributed by atoms with Crippen LogP contribution in [0.15, 0.2) is 71.8 Å². The number of hydrogen-bond acceptors (Lipinski definition) is 5. The molecule has 3 rings (SSSR count). The van der Waals surface area contributed by atoms with Gasteiger partial charge in [-0.05, 0) is 29.8 Å². The fourth-order valence-electron chi connectivity index (χ4n) is 2.00. The molecule has 0 spiro atoms. The van der Waals surface area contributed by atoms with E-state index in [1.165, 1.54) is 0 Å². The SMILES string of the molecule is Clc1ccc(N/N=C/c2ccccc2OCc2ccccc2)nn1. The van der Waals surface area contributed by atoms with E-state index in [0.29, 0.717) is 17.6 Å². The number of rotatable bonds is 6. The molecule has 0 fully saturated rings. The first-order valence-electron chi connectivity index (χ1n) is 7.35. The third-order valence-corrected chi connectivity index (χ3v) is 3.37. The lowest BCUT2D eigenvalue weighted by atomic mass is 10.2. The van der Waals surface area contributed by atoms with Crippen molar-refractivity contribution < 1.29 is 4.74 Å². The van der Waals surface area contributed by atoms with Gasteiger partial charge in [0, 0.05) is 5.56 Å². The maximum absolute atomic E-state index is 5.88. The summed E-state index contributed by atoms with van der Waals surface area (Å²) < 4.78 is 5.88. The Bertz CT molecular complexity index is 807. The van der Waals surface area contributed by atoms with Gasteiger partial charge in [0.2, 0.25) is 0 Å². The molecule has 0 saturated heterocycles. The van der Waals surface area contributed by atoms with E-state index in [2.05, 4.69) is 20.7 Å². The summed E-state index contributed by atoms with van der Waals surface area (Å²) in [5.74, 6) is 1.27. The lowest BCUT2D eigenvalue weighted by molar-refractivity contribution is 0.306. The van der Waals surface area contributed by atoms with E-state index in [1.54, 1.807) is 18.3 Å². The smallest absolute Gasteiger partial charge is 0.168 e. The zero-order valence-electron chi connectivity index (χ0n) is 12.8. The molecule has 1 aromatic heterocycles. The van der Waals surface area contributed by atoms with Crippen LogP contribution in [0, 0.1) is 0 Å². The quantitative estimate of drug-likeness (QED) is 0.541. The number of benzene rings is 2. The van der Waals surface area contributed by atoms with E-state index in [-0.39, 0.29) is 0 Å². The molecule has 0 saturated carbocycles. The summed E-state index contributed by atoms with van der Waals surface area (Å²) in [7, 11) is 0. The minimum Gasteiger partial charge on any atom is -0.488 e. The molecular formula is C18H15ClN4O. The number of nitrogens with one attached hydrogen (secondary N) is 1. The fourth-order valence-corrected chi connectivity index (χ4v) is 2.10. The highest BCUT2D eigenvalue weighted by molar-refractivity contribution is 6.29. The Morgan fingerprint density at radius 3 is 2.54 bits per heavy atom. The Balaban J connectivity index is 1.65. The van der Waals surface area contributed by atoms with Gasteiger partial charge >= 0.3 is 0 Å². The number of nitrogens with zero attached hydrogens (tertiary/aromatic N) is 3. The van der Waals surface area contributed by atoms with Crippen molar-refractivity contribution in [3.05, 3.63) is 83.0 Å². The molecule has 1 heterocycles. The van der Waals surface area contributed by atoms with E-state index in [1.807, 2.05) is 54.6 Å². The molecule has 6 heteroatoms. The van der Waals surface area contributed by atoms with Crippen molar-refractivity contribution in [2.24, 2.45) is 5.10 Å². The van der Waals surface area contributed by atoms with Crippen LogP contribution < -0.4 is 10.2 Å². The average molecular weight is 339 g/mol. The molecule has 5 nitrogen and oxygen atoms in total. The fraction of sp³-hybridized carbons (Fsp3) is 0.0556. The third-order valence-electron chi connectivity index (χ3n) is 3.17. The summed E-state index contributed by atoms with van der Waals surface area (Å²) in [6.45, 7) is 0.502. The number of halogens is 1. The third kappa shape index (κ3) is 4.54. The van der Waals surface area contributed by atoms with Crippen LogP contribution in [0.2, 0.25) is 5.15 Å². The maximum atomic E-state index is 5.88. The Hall–Kier alpha value is -2.92. The van der Waals surface area contributed by atoms with E-state index in [4.69, 9.17) is 16.3 Å². The van der Waals surface area contributed by atoms with Gasteiger partial charge in [0.25, 0.3) is 0 Å². The summed E-state index contributed by atoms with van der Waals surface area (Å²) in [4.78, 5) is 0. The number of anilines is 1. The molecule has 0 aliphatic rings. The Morgan fingerprint density at radius 1 is 0.958 bits per heavy atom. The average Bonchev–Trinajstić information content (AvgIpc) is 2.63. The molecule has 0 atom stereocenters. The lowest BCUT2D eigenvalue weighted by Gasteiger charge is -2.09. The first-order chi connectivity index (χ1) is 11.8. The Labute approximate surface area is 145 Å². The van der Waals surface area contributed by atoms with Crippen LogP contribution in [0.1, 0.15) is 11.1 Å². The van der Waals surface area contributed by atoms with Crippen molar-refractivity contribution in [3.8, 4) is 5.75 Å². The lowest BCUT2D eigenvalue weighted by Crippen LogP contribution is -1.99. The van der Waals surface area contributed by atoms with E-state index in [0.717, 1.165) is 16.9 Å². The van der Waals surface area contributed by atoms with Crippen molar-refractivity contribution in [1.29, 1.82) is 0 Å². The zero-order chi connectivity index (χ0) is 16.6. The first-order valence-corrected chi connectivity index (χ1v) is 7.73. The van der Waals surface area contributed by atoms with Crippen molar-refractivity contribution >= 4 is 23.6 Å². The minimum absolute atomic E-state index is 0.337.